The van der Waals surface area contributed by atoms with Crippen molar-refractivity contribution in [3.63, 3.8) is 0 Å². The Morgan fingerprint density at radius 1 is 1.48 bits per heavy atom. The van der Waals surface area contributed by atoms with E-state index in [-0.39, 0.29) is 5.97 Å². The zero-order valence-corrected chi connectivity index (χ0v) is 13.1. The maximum Gasteiger partial charge on any atom is 0.341 e. The summed E-state index contributed by atoms with van der Waals surface area (Å²) in [7, 11) is 1.37. The average molecular weight is 294 g/mol. The molecule has 1 aliphatic rings. The number of nitrogens with zero attached hydrogens (tertiary/aromatic N) is 1. The minimum Gasteiger partial charge on any atom is -0.467 e. The standard InChI is InChI=1S/C16H26N2O3/c1-3-4-7-18-8-5-14(6-9-18)17-11-15-10-13(12-21-15)16(19)20-2/h10,12,14,17H,3-9,11H2,1-2H3. The molecular formula is C16H26N2O3. The molecule has 0 saturated carbocycles. The quantitative estimate of drug-likeness (QED) is 0.783. The van der Waals surface area contributed by atoms with E-state index >= 15 is 0 Å². The Bertz CT molecular complexity index is 436. The molecule has 5 nitrogen and oxygen atoms in total. The second-order valence-corrected chi connectivity index (χ2v) is 5.64. The van der Waals surface area contributed by atoms with Crippen LogP contribution < -0.4 is 5.32 Å². The van der Waals surface area contributed by atoms with Crippen molar-refractivity contribution >= 4 is 5.97 Å². The number of furan rings is 1. The third-order valence-electron chi connectivity index (χ3n) is 4.06. The van der Waals surface area contributed by atoms with E-state index < -0.39 is 0 Å². The number of hydrogen-bond donors (Lipinski definition) is 1. The molecule has 1 saturated heterocycles. The molecule has 0 atom stereocenters. The van der Waals surface area contributed by atoms with Crippen LogP contribution in [0.15, 0.2) is 16.7 Å². The van der Waals surface area contributed by atoms with Gasteiger partial charge in [0, 0.05) is 6.04 Å². The smallest absolute Gasteiger partial charge is 0.341 e. The Labute approximate surface area is 126 Å². The highest BCUT2D eigenvalue weighted by Crippen LogP contribution is 2.13. The number of carbonyl (C=O) groups excluding carboxylic acids is 1. The van der Waals surface area contributed by atoms with Crippen LogP contribution in [0, 0.1) is 0 Å². The van der Waals surface area contributed by atoms with Gasteiger partial charge < -0.3 is 19.4 Å². The first-order chi connectivity index (χ1) is 10.2. The molecule has 21 heavy (non-hydrogen) atoms. The van der Waals surface area contributed by atoms with Crippen molar-refractivity contribution < 1.29 is 13.9 Å². The number of likely N-dealkylation sites (tertiary alicyclic amines) is 1. The van der Waals surface area contributed by atoms with Crippen molar-refractivity contribution in [3.8, 4) is 0 Å². The maximum absolute atomic E-state index is 11.3. The molecule has 1 N–H and O–H groups in total. The Morgan fingerprint density at radius 3 is 2.90 bits per heavy atom. The van der Waals surface area contributed by atoms with Gasteiger partial charge in [-0.1, -0.05) is 13.3 Å². The van der Waals surface area contributed by atoms with Gasteiger partial charge in [-0.25, -0.2) is 4.79 Å². The molecule has 1 aromatic heterocycles. The van der Waals surface area contributed by atoms with Gasteiger partial charge in [-0.2, -0.15) is 0 Å². The number of piperidine rings is 1. The summed E-state index contributed by atoms with van der Waals surface area (Å²) < 4.78 is 10.0. The van der Waals surface area contributed by atoms with Gasteiger partial charge in [-0.3, -0.25) is 0 Å². The van der Waals surface area contributed by atoms with Crippen molar-refractivity contribution in [1.29, 1.82) is 0 Å². The fourth-order valence-corrected chi connectivity index (χ4v) is 2.69. The molecule has 0 aromatic carbocycles. The molecule has 1 aromatic rings. The number of esters is 1. The van der Waals surface area contributed by atoms with Gasteiger partial charge in [0.15, 0.2) is 0 Å². The summed E-state index contributed by atoms with van der Waals surface area (Å²) in [6.45, 7) is 6.47. The van der Waals surface area contributed by atoms with Crippen LogP contribution in [0.1, 0.15) is 48.7 Å². The summed E-state index contributed by atoms with van der Waals surface area (Å²) in [5.41, 5.74) is 0.476. The second kappa shape index (κ2) is 8.20. The van der Waals surface area contributed by atoms with Crippen LogP contribution in [-0.2, 0) is 11.3 Å². The van der Waals surface area contributed by atoms with Crippen LogP contribution in [-0.4, -0.2) is 43.7 Å². The molecule has 2 heterocycles. The van der Waals surface area contributed by atoms with E-state index in [2.05, 4.69) is 21.9 Å². The third-order valence-corrected chi connectivity index (χ3v) is 4.06. The van der Waals surface area contributed by atoms with Gasteiger partial charge in [0.2, 0.25) is 0 Å². The summed E-state index contributed by atoms with van der Waals surface area (Å²) >= 11 is 0. The summed E-state index contributed by atoms with van der Waals surface area (Å²) in [4.78, 5) is 13.9. The first kappa shape index (κ1) is 16.0. The normalized spacial score (nSPS) is 17.0. The van der Waals surface area contributed by atoms with Crippen LogP contribution >= 0.6 is 0 Å². The molecule has 2 rings (SSSR count). The third kappa shape index (κ3) is 4.86. The SMILES string of the molecule is CCCCN1CCC(NCc2cc(C(=O)OC)co2)CC1. The highest BCUT2D eigenvalue weighted by atomic mass is 16.5. The Kier molecular flexibility index (Phi) is 6.26. The predicted octanol–water partition coefficient (Wildman–Crippen LogP) is 2.42. The minimum absolute atomic E-state index is 0.353. The Balaban J connectivity index is 1.70. The van der Waals surface area contributed by atoms with Crippen molar-refractivity contribution in [1.82, 2.24) is 10.2 Å². The number of rotatable bonds is 7. The number of hydrogen-bond acceptors (Lipinski definition) is 5. The lowest BCUT2D eigenvalue weighted by Gasteiger charge is -2.32. The first-order valence-electron chi connectivity index (χ1n) is 7.84. The number of ether oxygens (including phenoxy) is 1. The van der Waals surface area contributed by atoms with Crippen LogP contribution in [0.5, 0.6) is 0 Å². The van der Waals surface area contributed by atoms with Gasteiger partial charge in [0.25, 0.3) is 0 Å². The van der Waals surface area contributed by atoms with Gasteiger partial charge in [-0.15, -0.1) is 0 Å². The van der Waals surface area contributed by atoms with E-state index in [4.69, 9.17) is 4.42 Å². The fourth-order valence-electron chi connectivity index (χ4n) is 2.69. The number of nitrogens with one attached hydrogen (secondary N) is 1. The summed E-state index contributed by atoms with van der Waals surface area (Å²) in [5, 5.41) is 3.51. The highest BCUT2D eigenvalue weighted by molar-refractivity contribution is 5.88. The first-order valence-corrected chi connectivity index (χ1v) is 7.84. The van der Waals surface area contributed by atoms with Crippen molar-refractivity contribution in [3.05, 3.63) is 23.7 Å². The van der Waals surface area contributed by atoms with E-state index in [1.54, 1.807) is 6.07 Å². The lowest BCUT2D eigenvalue weighted by molar-refractivity contribution is 0.0600. The molecule has 5 heteroatoms. The van der Waals surface area contributed by atoms with Gasteiger partial charge in [0.05, 0.1) is 19.2 Å². The van der Waals surface area contributed by atoms with Crippen LogP contribution in [0.25, 0.3) is 0 Å². The molecule has 1 aliphatic heterocycles. The number of carbonyl (C=O) groups is 1. The molecule has 0 amide bonds. The van der Waals surface area contributed by atoms with Crippen LogP contribution in [0.4, 0.5) is 0 Å². The molecule has 0 unspecified atom stereocenters. The lowest BCUT2D eigenvalue weighted by Crippen LogP contribution is -2.42. The van der Waals surface area contributed by atoms with E-state index in [9.17, 15) is 4.79 Å². The molecule has 0 bridgehead atoms. The monoisotopic (exact) mass is 294 g/mol. The van der Waals surface area contributed by atoms with Gasteiger partial charge in [0.1, 0.15) is 12.0 Å². The molecule has 118 valence electrons. The van der Waals surface area contributed by atoms with E-state index in [0.717, 1.165) is 5.76 Å². The fraction of sp³-hybridized carbons (Fsp3) is 0.688. The molecule has 0 aliphatic carbocycles. The van der Waals surface area contributed by atoms with Crippen LogP contribution in [0.3, 0.4) is 0 Å². The average Bonchev–Trinajstić information content (AvgIpc) is 3.00. The summed E-state index contributed by atoms with van der Waals surface area (Å²) in [6.07, 6.45) is 6.36. The number of unbranched alkanes of at least 4 members (excludes halogenated alkanes) is 1. The Morgan fingerprint density at radius 2 is 2.24 bits per heavy atom. The maximum atomic E-state index is 11.3. The van der Waals surface area contributed by atoms with Gasteiger partial charge >= 0.3 is 5.97 Å². The van der Waals surface area contributed by atoms with Crippen molar-refractivity contribution in [2.75, 3.05) is 26.7 Å². The molecule has 0 radical (unpaired) electrons. The van der Waals surface area contributed by atoms with E-state index in [1.807, 2.05) is 0 Å². The molecule has 0 spiro atoms. The van der Waals surface area contributed by atoms with E-state index in [1.165, 1.54) is 58.7 Å². The topological polar surface area (TPSA) is 54.7 Å². The predicted molar refractivity (Wildman–Crippen MR) is 81.3 cm³/mol. The van der Waals surface area contributed by atoms with Crippen molar-refractivity contribution in [2.24, 2.45) is 0 Å². The largest absolute Gasteiger partial charge is 0.467 e. The summed E-state index contributed by atoms with van der Waals surface area (Å²) in [5.74, 6) is 0.429. The zero-order valence-electron chi connectivity index (χ0n) is 13.1. The molecular weight excluding hydrogens is 268 g/mol. The molecule has 1 fully saturated rings. The number of methoxy groups -OCH3 is 1. The second-order valence-electron chi connectivity index (χ2n) is 5.64. The lowest BCUT2D eigenvalue weighted by atomic mass is 10.0. The minimum atomic E-state index is -0.353. The zero-order chi connectivity index (χ0) is 15.1. The Hall–Kier alpha value is -1.33. The highest BCUT2D eigenvalue weighted by Gasteiger charge is 2.18. The summed E-state index contributed by atoms with van der Waals surface area (Å²) in [6, 6.07) is 2.28. The van der Waals surface area contributed by atoms with Gasteiger partial charge in [-0.05, 0) is 45.0 Å². The van der Waals surface area contributed by atoms with Crippen molar-refractivity contribution in [2.45, 2.75) is 45.2 Å². The van der Waals surface area contributed by atoms with Crippen LogP contribution in [0.2, 0.25) is 0 Å². The van der Waals surface area contributed by atoms with E-state index in [0.29, 0.717) is 18.2 Å².